The average Bonchev–Trinajstić information content (AvgIpc) is 2.51. The molecule has 1 rings (SSSR count). The number of rotatable bonds is 9. The minimum atomic E-state index is -0.861. The van der Waals surface area contributed by atoms with E-state index in [0.717, 1.165) is 5.56 Å². The summed E-state index contributed by atoms with van der Waals surface area (Å²) in [5, 5.41) is 11.7. The summed E-state index contributed by atoms with van der Waals surface area (Å²) < 4.78 is 4.94. The van der Waals surface area contributed by atoms with Crippen LogP contribution in [0.5, 0.6) is 0 Å². The van der Waals surface area contributed by atoms with Crippen molar-refractivity contribution in [2.45, 2.75) is 25.3 Å². The molecular formula is C16H24N2O4. The maximum atomic E-state index is 12.1. The lowest BCUT2D eigenvalue weighted by Gasteiger charge is -2.23. The van der Waals surface area contributed by atoms with Gasteiger partial charge in [0.1, 0.15) is 0 Å². The van der Waals surface area contributed by atoms with E-state index in [4.69, 9.17) is 9.84 Å². The van der Waals surface area contributed by atoms with E-state index < -0.39 is 5.97 Å². The maximum absolute atomic E-state index is 12.1. The quantitative estimate of drug-likeness (QED) is 0.728. The lowest BCUT2D eigenvalue weighted by molar-refractivity contribution is -0.137. The van der Waals surface area contributed by atoms with E-state index in [1.165, 1.54) is 4.90 Å². The van der Waals surface area contributed by atoms with Gasteiger partial charge < -0.3 is 20.1 Å². The van der Waals surface area contributed by atoms with Crippen molar-refractivity contribution < 1.29 is 19.4 Å². The first kappa shape index (κ1) is 18.0. The second-order valence-corrected chi connectivity index (χ2v) is 5.18. The van der Waals surface area contributed by atoms with Crippen LogP contribution in [0.3, 0.4) is 0 Å². The van der Waals surface area contributed by atoms with Crippen LogP contribution in [-0.2, 0) is 16.0 Å². The number of methoxy groups -OCH3 is 1. The number of nitrogens with zero attached hydrogens (tertiary/aromatic N) is 1. The Kier molecular flexibility index (Phi) is 7.99. The fourth-order valence-electron chi connectivity index (χ4n) is 2.04. The lowest BCUT2D eigenvalue weighted by atomic mass is 10.0. The second kappa shape index (κ2) is 9.78. The number of hydrogen-bond acceptors (Lipinski definition) is 3. The number of amides is 2. The molecule has 1 atom stereocenters. The molecule has 6 heteroatoms. The highest BCUT2D eigenvalue weighted by atomic mass is 16.5. The molecule has 0 fully saturated rings. The first-order valence-corrected chi connectivity index (χ1v) is 7.29. The summed E-state index contributed by atoms with van der Waals surface area (Å²) in [6, 6.07) is 9.28. The van der Waals surface area contributed by atoms with Crippen LogP contribution in [0.1, 0.15) is 18.4 Å². The number of ether oxygens (including phenoxy) is 1. The van der Waals surface area contributed by atoms with E-state index >= 15 is 0 Å². The number of carbonyl (C=O) groups is 2. The predicted octanol–water partition coefficient (Wildman–Crippen LogP) is 1.75. The predicted molar refractivity (Wildman–Crippen MR) is 83.8 cm³/mol. The number of carboxylic acids is 1. The third kappa shape index (κ3) is 7.08. The van der Waals surface area contributed by atoms with Crippen LogP contribution in [-0.4, -0.2) is 55.4 Å². The van der Waals surface area contributed by atoms with Gasteiger partial charge in [0, 0.05) is 33.2 Å². The van der Waals surface area contributed by atoms with Gasteiger partial charge in [-0.25, -0.2) is 4.79 Å². The molecule has 0 aliphatic rings. The van der Waals surface area contributed by atoms with Crippen LogP contribution in [0.15, 0.2) is 30.3 Å². The third-order valence-electron chi connectivity index (χ3n) is 3.34. The van der Waals surface area contributed by atoms with E-state index in [-0.39, 0.29) is 18.5 Å². The smallest absolute Gasteiger partial charge is 0.317 e. The van der Waals surface area contributed by atoms with Gasteiger partial charge in [-0.3, -0.25) is 4.79 Å². The topological polar surface area (TPSA) is 78.9 Å². The Morgan fingerprint density at radius 2 is 2.00 bits per heavy atom. The van der Waals surface area contributed by atoms with Gasteiger partial charge in [0.05, 0.1) is 6.61 Å². The Bertz CT molecular complexity index is 464. The molecule has 0 bridgehead atoms. The summed E-state index contributed by atoms with van der Waals surface area (Å²) >= 11 is 0. The Morgan fingerprint density at radius 1 is 1.32 bits per heavy atom. The van der Waals surface area contributed by atoms with E-state index in [2.05, 4.69) is 5.32 Å². The van der Waals surface area contributed by atoms with E-state index in [9.17, 15) is 9.59 Å². The Morgan fingerprint density at radius 3 is 2.59 bits per heavy atom. The number of aliphatic carboxylic acids is 1. The highest BCUT2D eigenvalue weighted by molar-refractivity contribution is 5.74. The van der Waals surface area contributed by atoms with Crippen molar-refractivity contribution >= 4 is 12.0 Å². The molecule has 0 aliphatic heterocycles. The zero-order chi connectivity index (χ0) is 16.4. The highest BCUT2D eigenvalue weighted by Crippen LogP contribution is 2.08. The molecule has 0 heterocycles. The summed E-state index contributed by atoms with van der Waals surface area (Å²) in [4.78, 5) is 24.4. The minimum Gasteiger partial charge on any atom is -0.481 e. The molecular weight excluding hydrogens is 284 g/mol. The molecule has 6 nitrogen and oxygen atoms in total. The summed E-state index contributed by atoms with van der Waals surface area (Å²) in [6.45, 7) is 0.946. The van der Waals surface area contributed by atoms with Gasteiger partial charge in [-0.1, -0.05) is 30.3 Å². The van der Waals surface area contributed by atoms with Crippen LogP contribution in [0, 0.1) is 0 Å². The van der Waals surface area contributed by atoms with Gasteiger partial charge in [-0.15, -0.1) is 0 Å². The fourth-order valence-corrected chi connectivity index (χ4v) is 2.04. The van der Waals surface area contributed by atoms with Crippen molar-refractivity contribution in [2.24, 2.45) is 0 Å². The number of carboxylic acid groups (broad SMARTS) is 1. The highest BCUT2D eigenvalue weighted by Gasteiger charge is 2.17. The van der Waals surface area contributed by atoms with Crippen molar-refractivity contribution in [1.29, 1.82) is 0 Å². The van der Waals surface area contributed by atoms with Gasteiger partial charge in [-0.2, -0.15) is 0 Å². The third-order valence-corrected chi connectivity index (χ3v) is 3.34. The Labute approximate surface area is 131 Å². The molecule has 122 valence electrons. The zero-order valence-corrected chi connectivity index (χ0v) is 13.1. The molecule has 0 spiro atoms. The Balaban J connectivity index is 2.60. The maximum Gasteiger partial charge on any atom is 0.317 e. The SMILES string of the molecule is COCCN(C)C(=O)NC(CCC(=O)O)Cc1ccccc1. The van der Waals surface area contributed by atoms with Crippen molar-refractivity contribution in [3.63, 3.8) is 0 Å². The first-order chi connectivity index (χ1) is 10.5. The number of nitrogens with one attached hydrogen (secondary N) is 1. The van der Waals surface area contributed by atoms with Crippen LogP contribution in [0.25, 0.3) is 0 Å². The largest absolute Gasteiger partial charge is 0.481 e. The van der Waals surface area contributed by atoms with Gasteiger partial charge in [0.15, 0.2) is 0 Å². The molecule has 0 saturated carbocycles. The average molecular weight is 308 g/mol. The molecule has 0 radical (unpaired) electrons. The van der Waals surface area contributed by atoms with Gasteiger partial charge >= 0.3 is 12.0 Å². The monoisotopic (exact) mass is 308 g/mol. The van der Waals surface area contributed by atoms with E-state index in [1.807, 2.05) is 30.3 Å². The summed E-state index contributed by atoms with van der Waals surface area (Å²) in [7, 11) is 3.27. The minimum absolute atomic E-state index is 0.0273. The summed E-state index contributed by atoms with van der Waals surface area (Å²) in [5.74, 6) is -0.861. The molecule has 1 aromatic carbocycles. The van der Waals surface area contributed by atoms with Crippen LogP contribution < -0.4 is 5.32 Å². The van der Waals surface area contributed by atoms with Crippen molar-refractivity contribution in [3.8, 4) is 0 Å². The number of hydrogen-bond donors (Lipinski definition) is 2. The fraction of sp³-hybridized carbons (Fsp3) is 0.500. The molecule has 0 aliphatic carbocycles. The molecule has 2 amide bonds. The van der Waals surface area contributed by atoms with Gasteiger partial charge in [0.25, 0.3) is 0 Å². The summed E-state index contributed by atoms with van der Waals surface area (Å²) in [6.07, 6.45) is 1.03. The second-order valence-electron chi connectivity index (χ2n) is 5.18. The molecule has 2 N–H and O–H groups in total. The van der Waals surface area contributed by atoms with Crippen molar-refractivity contribution in [1.82, 2.24) is 10.2 Å². The normalized spacial score (nSPS) is 11.7. The van der Waals surface area contributed by atoms with Crippen molar-refractivity contribution in [3.05, 3.63) is 35.9 Å². The standard InChI is InChI=1S/C16H24N2O4/c1-18(10-11-22-2)16(21)17-14(8-9-15(19)20)12-13-6-4-3-5-7-13/h3-7,14H,8-12H2,1-2H3,(H,17,21)(H,19,20). The first-order valence-electron chi connectivity index (χ1n) is 7.29. The molecule has 0 saturated heterocycles. The number of benzene rings is 1. The van der Waals surface area contributed by atoms with E-state index in [1.54, 1.807) is 14.2 Å². The number of urea groups is 1. The Hall–Kier alpha value is -2.08. The van der Waals surface area contributed by atoms with Gasteiger partial charge in [-0.05, 0) is 18.4 Å². The number of likely N-dealkylation sites (N-methyl/N-ethyl adjacent to an activating group) is 1. The number of carbonyl (C=O) groups excluding carboxylic acids is 1. The summed E-state index contributed by atoms with van der Waals surface area (Å²) in [5.41, 5.74) is 1.07. The molecule has 22 heavy (non-hydrogen) atoms. The van der Waals surface area contributed by atoms with Crippen molar-refractivity contribution in [2.75, 3.05) is 27.3 Å². The lowest BCUT2D eigenvalue weighted by Crippen LogP contribution is -2.45. The molecule has 1 aromatic rings. The van der Waals surface area contributed by atoms with E-state index in [0.29, 0.717) is 26.0 Å². The van der Waals surface area contributed by atoms with Crippen LogP contribution in [0.4, 0.5) is 4.79 Å². The van der Waals surface area contributed by atoms with Crippen LogP contribution >= 0.6 is 0 Å². The van der Waals surface area contributed by atoms with Crippen LogP contribution in [0.2, 0.25) is 0 Å². The van der Waals surface area contributed by atoms with Gasteiger partial charge in [0.2, 0.25) is 0 Å². The molecule has 0 aromatic heterocycles. The zero-order valence-electron chi connectivity index (χ0n) is 13.1. The molecule has 1 unspecified atom stereocenters.